The van der Waals surface area contributed by atoms with Gasteiger partial charge in [0.25, 0.3) is 0 Å². The van der Waals surface area contributed by atoms with E-state index in [-0.39, 0.29) is 0 Å². The van der Waals surface area contributed by atoms with Gasteiger partial charge in [-0.2, -0.15) is 0 Å². The van der Waals surface area contributed by atoms with Gasteiger partial charge < -0.3 is 0 Å². The van der Waals surface area contributed by atoms with Gasteiger partial charge >= 0.3 is 0 Å². The lowest BCUT2D eigenvalue weighted by Gasteiger charge is -2.03. The van der Waals surface area contributed by atoms with Crippen LogP contribution in [-0.2, 0) is 0 Å². The van der Waals surface area contributed by atoms with Crippen LogP contribution in [0.4, 0.5) is 0 Å². The minimum atomic E-state index is 0.903. The van der Waals surface area contributed by atoms with Gasteiger partial charge in [-0.1, -0.05) is 71.0 Å². The summed E-state index contributed by atoms with van der Waals surface area (Å²) < 4.78 is 0. The molecule has 0 aliphatic rings. The van der Waals surface area contributed by atoms with Gasteiger partial charge in [0.1, 0.15) is 7.85 Å². The Hall–Kier alpha value is 0.0649. The minimum absolute atomic E-state index is 0.903. The molecule has 0 amide bonds. The summed E-state index contributed by atoms with van der Waals surface area (Å²) in [6.07, 6.45) is 11.5. The van der Waals surface area contributed by atoms with Crippen molar-refractivity contribution in [2.45, 2.75) is 71.0 Å². The average molecular weight is 168 g/mol. The molecule has 72 valence electrons. The Kier molecular flexibility index (Phi) is 9.20. The van der Waals surface area contributed by atoms with Gasteiger partial charge in [0.05, 0.1) is 0 Å². The second-order valence-electron chi connectivity index (χ2n) is 4.30. The Labute approximate surface area is 79.5 Å². The van der Waals surface area contributed by atoms with Gasteiger partial charge in [-0.3, -0.25) is 0 Å². The number of rotatable bonds is 8. The summed E-state index contributed by atoms with van der Waals surface area (Å²) in [4.78, 5) is 0. The monoisotopic (exact) mass is 168 g/mol. The fourth-order valence-electron chi connectivity index (χ4n) is 1.51. The molecule has 0 rings (SSSR count). The summed E-state index contributed by atoms with van der Waals surface area (Å²) in [7, 11) is 2.32. The van der Waals surface area contributed by atoms with E-state index in [1.54, 1.807) is 0 Å². The van der Waals surface area contributed by atoms with Crippen LogP contribution in [0, 0.1) is 0 Å². The van der Waals surface area contributed by atoms with Crippen molar-refractivity contribution < 1.29 is 0 Å². The van der Waals surface area contributed by atoms with E-state index in [9.17, 15) is 0 Å². The van der Waals surface area contributed by atoms with Crippen molar-refractivity contribution in [3.8, 4) is 0 Å². The average Bonchev–Trinajstić information content (AvgIpc) is 2.02. The van der Waals surface area contributed by atoms with E-state index < -0.39 is 0 Å². The maximum atomic E-state index is 2.32. The molecule has 1 heteroatoms. The van der Waals surface area contributed by atoms with E-state index in [2.05, 4.69) is 21.7 Å². The summed E-state index contributed by atoms with van der Waals surface area (Å²) >= 11 is 0. The molecule has 1 unspecified atom stereocenters. The number of unbranched alkanes of at least 4 members (excludes halogenated alkanes) is 6. The zero-order chi connectivity index (χ0) is 9.23. The van der Waals surface area contributed by atoms with E-state index in [1.165, 1.54) is 51.4 Å². The lowest BCUT2D eigenvalue weighted by Crippen LogP contribution is -1.86. The maximum Gasteiger partial charge on any atom is 0.105 e. The highest BCUT2D eigenvalue weighted by molar-refractivity contribution is 6.11. The van der Waals surface area contributed by atoms with Crippen molar-refractivity contribution in [2.24, 2.45) is 0 Å². The van der Waals surface area contributed by atoms with E-state index in [0.717, 1.165) is 5.82 Å². The predicted molar refractivity (Wildman–Crippen MR) is 60.6 cm³/mol. The van der Waals surface area contributed by atoms with Crippen molar-refractivity contribution in [1.29, 1.82) is 0 Å². The first-order valence-electron chi connectivity index (χ1n) is 5.77. The largest absolute Gasteiger partial charge is 0.105 e. The molecule has 0 aromatic rings. The van der Waals surface area contributed by atoms with Gasteiger partial charge in [-0.15, -0.1) is 0 Å². The molecule has 0 N–H and O–H groups in total. The highest BCUT2D eigenvalue weighted by Crippen LogP contribution is 2.12. The van der Waals surface area contributed by atoms with Gasteiger partial charge in [0, 0.05) is 0 Å². The normalized spacial score (nSPS) is 13.2. The molecule has 0 aliphatic heterocycles. The standard InChI is InChI=1S/C11H25B/c1-3-4-5-6-7-8-9-10-11(2)12/h11H,3-10,12H2,1-2H3. The minimum Gasteiger partial charge on any atom is -0.0725 e. The van der Waals surface area contributed by atoms with Crippen LogP contribution >= 0.6 is 0 Å². The molecular weight excluding hydrogens is 143 g/mol. The SMILES string of the molecule is BC(C)CCCCCCCCC. The summed E-state index contributed by atoms with van der Waals surface area (Å²) in [5, 5.41) is 0. The van der Waals surface area contributed by atoms with E-state index in [0.29, 0.717) is 0 Å². The third-order valence-electron chi connectivity index (χ3n) is 2.39. The molecule has 0 heterocycles. The van der Waals surface area contributed by atoms with Crippen LogP contribution in [-0.4, -0.2) is 7.85 Å². The second-order valence-corrected chi connectivity index (χ2v) is 4.30. The van der Waals surface area contributed by atoms with Gasteiger partial charge in [-0.05, 0) is 0 Å². The summed E-state index contributed by atoms with van der Waals surface area (Å²) in [6.45, 7) is 4.59. The van der Waals surface area contributed by atoms with Gasteiger partial charge in [0.15, 0.2) is 0 Å². The maximum absolute atomic E-state index is 2.32. The van der Waals surface area contributed by atoms with Crippen LogP contribution in [0.5, 0.6) is 0 Å². The quantitative estimate of drug-likeness (QED) is 0.384. The highest BCUT2D eigenvalue weighted by atomic mass is 14.0. The molecule has 0 nitrogen and oxygen atoms in total. The van der Waals surface area contributed by atoms with Crippen molar-refractivity contribution in [1.82, 2.24) is 0 Å². The number of hydrogen-bond acceptors (Lipinski definition) is 0. The van der Waals surface area contributed by atoms with Crippen molar-refractivity contribution in [3.05, 3.63) is 0 Å². The smallest absolute Gasteiger partial charge is 0.0725 e. The van der Waals surface area contributed by atoms with E-state index >= 15 is 0 Å². The molecular formula is C11H25B. The first kappa shape index (κ1) is 12.1. The lowest BCUT2D eigenvalue weighted by atomic mass is 9.85. The van der Waals surface area contributed by atoms with Gasteiger partial charge in [-0.25, -0.2) is 0 Å². The zero-order valence-electron chi connectivity index (χ0n) is 9.23. The molecule has 0 spiro atoms. The van der Waals surface area contributed by atoms with Crippen molar-refractivity contribution in [2.75, 3.05) is 0 Å². The third-order valence-corrected chi connectivity index (χ3v) is 2.39. The first-order valence-corrected chi connectivity index (χ1v) is 5.77. The molecule has 0 saturated carbocycles. The predicted octanol–water partition coefficient (Wildman–Crippen LogP) is 3.57. The molecule has 0 bridgehead atoms. The Morgan fingerprint density at radius 3 is 1.92 bits per heavy atom. The number of hydrogen-bond donors (Lipinski definition) is 0. The fourth-order valence-corrected chi connectivity index (χ4v) is 1.51. The second kappa shape index (κ2) is 9.16. The molecule has 12 heavy (non-hydrogen) atoms. The summed E-state index contributed by atoms with van der Waals surface area (Å²) in [5.41, 5.74) is 0. The van der Waals surface area contributed by atoms with Crippen molar-refractivity contribution >= 4 is 7.85 Å². The molecule has 0 aromatic carbocycles. The van der Waals surface area contributed by atoms with E-state index in [4.69, 9.17) is 0 Å². The molecule has 0 saturated heterocycles. The van der Waals surface area contributed by atoms with Crippen molar-refractivity contribution in [3.63, 3.8) is 0 Å². The summed E-state index contributed by atoms with van der Waals surface area (Å²) in [6, 6.07) is 0. The molecule has 0 aromatic heterocycles. The van der Waals surface area contributed by atoms with Crippen LogP contribution in [0.3, 0.4) is 0 Å². The Balaban J connectivity index is 2.82. The topological polar surface area (TPSA) is 0 Å². The lowest BCUT2D eigenvalue weighted by molar-refractivity contribution is 0.572. The Morgan fingerprint density at radius 1 is 0.917 bits per heavy atom. The molecule has 0 fully saturated rings. The van der Waals surface area contributed by atoms with Crippen LogP contribution in [0.1, 0.15) is 65.2 Å². The van der Waals surface area contributed by atoms with Crippen LogP contribution in [0.15, 0.2) is 0 Å². The first-order chi connectivity index (χ1) is 5.77. The third kappa shape index (κ3) is 10.1. The van der Waals surface area contributed by atoms with Gasteiger partial charge in [0.2, 0.25) is 0 Å². The molecule has 0 radical (unpaired) electrons. The summed E-state index contributed by atoms with van der Waals surface area (Å²) in [5.74, 6) is 0.903. The van der Waals surface area contributed by atoms with Crippen LogP contribution in [0.25, 0.3) is 0 Å². The van der Waals surface area contributed by atoms with Crippen LogP contribution in [0.2, 0.25) is 5.82 Å². The zero-order valence-corrected chi connectivity index (χ0v) is 9.23. The highest BCUT2D eigenvalue weighted by Gasteiger charge is 1.94. The molecule has 1 atom stereocenters. The Morgan fingerprint density at radius 2 is 1.42 bits per heavy atom. The fraction of sp³-hybridized carbons (Fsp3) is 1.00. The van der Waals surface area contributed by atoms with Crippen LogP contribution < -0.4 is 0 Å². The Bertz CT molecular complexity index is 79.1. The van der Waals surface area contributed by atoms with E-state index in [1.807, 2.05) is 0 Å². The molecule has 0 aliphatic carbocycles.